The fraction of sp³-hybridized carbons (Fsp3) is 0.791. The predicted octanol–water partition coefficient (Wildman–Crippen LogP) is 8.41. The first-order chi connectivity index (χ1) is 27.1. The van der Waals surface area contributed by atoms with Gasteiger partial charge in [0.05, 0.1) is 19.8 Å². The number of carbonyl (C=O) groups excluding carboxylic acids is 1. The molecule has 0 aromatic rings. The Bertz CT molecular complexity index is 1170. The Labute approximate surface area is 338 Å². The summed E-state index contributed by atoms with van der Waals surface area (Å²) >= 11 is 0. The highest BCUT2D eigenvalue weighted by molar-refractivity contribution is 7.80. The van der Waals surface area contributed by atoms with Crippen LogP contribution >= 0.6 is 0 Å². The summed E-state index contributed by atoms with van der Waals surface area (Å²) in [6.45, 7) is 3.67. The maximum atomic E-state index is 12.5. The van der Waals surface area contributed by atoms with E-state index in [0.717, 1.165) is 57.8 Å². The number of allylic oxidation sites excluding steroid dienone is 8. The van der Waals surface area contributed by atoms with Crippen molar-refractivity contribution >= 4 is 16.4 Å². The van der Waals surface area contributed by atoms with Crippen LogP contribution in [-0.2, 0) is 38.3 Å². The minimum absolute atomic E-state index is 0.0324. The number of hydrogen-bond donors (Lipinski definition) is 4. The minimum Gasteiger partial charge on any atom is -0.457 e. The lowest BCUT2D eigenvalue weighted by Gasteiger charge is -2.41. The summed E-state index contributed by atoms with van der Waals surface area (Å²) in [4.78, 5) is 12.5. The van der Waals surface area contributed by atoms with Crippen LogP contribution in [0.4, 0.5) is 0 Å². The molecule has 4 N–H and O–H groups in total. The lowest BCUT2D eigenvalue weighted by atomic mass is 9.99. The number of hydrogen-bond acceptors (Lipinski definition) is 11. The van der Waals surface area contributed by atoms with Crippen molar-refractivity contribution in [3.05, 3.63) is 48.6 Å². The van der Waals surface area contributed by atoms with E-state index in [1.54, 1.807) is 0 Å². The number of aliphatic hydroxyl groups excluding tert-OH is 3. The van der Waals surface area contributed by atoms with Gasteiger partial charge in [-0.15, -0.1) is 0 Å². The second-order valence-electron chi connectivity index (χ2n) is 14.6. The molecule has 0 aromatic carbocycles. The number of esters is 1. The van der Waals surface area contributed by atoms with Crippen LogP contribution in [0.5, 0.6) is 0 Å². The highest BCUT2D eigenvalue weighted by atomic mass is 32.3. The molecule has 56 heavy (non-hydrogen) atoms. The van der Waals surface area contributed by atoms with E-state index >= 15 is 0 Å². The second kappa shape index (κ2) is 35.0. The Morgan fingerprint density at radius 2 is 1.23 bits per heavy atom. The van der Waals surface area contributed by atoms with Crippen molar-refractivity contribution in [3.8, 4) is 0 Å². The SMILES string of the molecule is CC/C=C\C/C=C\C/C=C\C/C=C\CCCCCCCCCCCCCCCOCC(COC1OC(CO)C(O)C(OS(=O)(=O)O)C1O)OC(=O)CCCCC. The number of carbonyl (C=O) groups is 1. The molecule has 1 fully saturated rings. The molecule has 12 nitrogen and oxygen atoms in total. The van der Waals surface area contributed by atoms with Gasteiger partial charge in [-0.1, -0.05) is 146 Å². The third-order valence-corrected chi connectivity index (χ3v) is 9.93. The standard InChI is InChI=1S/C43H76O12S/c1-3-5-7-8-9-10-11-12-13-14-15-16-17-18-19-20-21-22-23-24-25-26-27-28-29-31-33-51-35-37(53-39(45)32-30-6-4-2)36-52-43-41(47)42(55-56(48,49)50)40(46)38(34-44)54-43/h5,7,9-10,12-13,15-16,37-38,40-44,46-47H,3-4,6,8,11,14,17-36H2,1-2H3,(H,48,49,50)/b7-5-,10-9-,13-12-,16-15-. The monoisotopic (exact) mass is 817 g/mol. The van der Waals surface area contributed by atoms with Crippen molar-refractivity contribution in [1.82, 2.24) is 0 Å². The summed E-state index contributed by atoms with van der Waals surface area (Å²) in [7, 11) is -5.05. The van der Waals surface area contributed by atoms with Gasteiger partial charge in [0, 0.05) is 13.0 Å². The smallest absolute Gasteiger partial charge is 0.397 e. The van der Waals surface area contributed by atoms with E-state index in [1.165, 1.54) is 70.6 Å². The second-order valence-corrected chi connectivity index (χ2v) is 15.6. The van der Waals surface area contributed by atoms with Gasteiger partial charge in [-0.05, 0) is 51.4 Å². The number of ether oxygens (including phenoxy) is 4. The molecule has 0 radical (unpaired) electrons. The van der Waals surface area contributed by atoms with Gasteiger partial charge in [0.2, 0.25) is 0 Å². The molecule has 13 heteroatoms. The summed E-state index contributed by atoms with van der Waals surface area (Å²) in [5.41, 5.74) is 0. The van der Waals surface area contributed by atoms with Crippen LogP contribution < -0.4 is 0 Å². The average molecular weight is 817 g/mol. The quantitative estimate of drug-likeness (QED) is 0.0206. The van der Waals surface area contributed by atoms with Crippen molar-refractivity contribution in [2.45, 2.75) is 192 Å². The van der Waals surface area contributed by atoms with Crippen LogP contribution in [0.2, 0.25) is 0 Å². The summed E-state index contributed by atoms with van der Waals surface area (Å²) < 4.78 is 58.4. The molecule has 0 saturated carbocycles. The van der Waals surface area contributed by atoms with E-state index in [2.05, 4.69) is 59.7 Å². The van der Waals surface area contributed by atoms with Gasteiger partial charge in [-0.2, -0.15) is 8.42 Å². The molecular weight excluding hydrogens is 741 g/mol. The maximum absolute atomic E-state index is 12.5. The van der Waals surface area contributed by atoms with Gasteiger partial charge in [0.15, 0.2) is 6.29 Å². The van der Waals surface area contributed by atoms with E-state index in [-0.39, 0.29) is 19.6 Å². The van der Waals surface area contributed by atoms with Crippen molar-refractivity contribution in [3.63, 3.8) is 0 Å². The van der Waals surface area contributed by atoms with Gasteiger partial charge >= 0.3 is 16.4 Å². The van der Waals surface area contributed by atoms with E-state index < -0.39 is 59.8 Å². The topological polar surface area (TPSA) is 178 Å². The van der Waals surface area contributed by atoms with E-state index in [4.69, 9.17) is 23.5 Å². The molecule has 1 aliphatic heterocycles. The molecular formula is C43H76O12S. The van der Waals surface area contributed by atoms with Crippen LogP contribution in [0.25, 0.3) is 0 Å². The molecule has 1 heterocycles. The zero-order valence-corrected chi connectivity index (χ0v) is 35.2. The molecule has 0 aromatic heterocycles. The largest absolute Gasteiger partial charge is 0.457 e. The van der Waals surface area contributed by atoms with E-state index in [1.807, 2.05) is 6.92 Å². The summed E-state index contributed by atoms with van der Waals surface area (Å²) in [5.74, 6) is -0.425. The summed E-state index contributed by atoms with van der Waals surface area (Å²) in [6.07, 6.45) is 32.7. The number of aliphatic hydroxyl groups is 3. The highest BCUT2D eigenvalue weighted by Gasteiger charge is 2.48. The third-order valence-electron chi connectivity index (χ3n) is 9.47. The molecule has 1 saturated heterocycles. The van der Waals surface area contributed by atoms with Crippen molar-refractivity contribution in [1.29, 1.82) is 0 Å². The van der Waals surface area contributed by atoms with Gasteiger partial charge in [0.1, 0.15) is 30.5 Å². The Morgan fingerprint density at radius 1 is 0.696 bits per heavy atom. The average Bonchev–Trinajstić information content (AvgIpc) is 3.16. The molecule has 0 bridgehead atoms. The van der Waals surface area contributed by atoms with Crippen LogP contribution in [-0.4, -0.2) is 97.5 Å². The normalized spacial score (nSPS) is 21.3. The van der Waals surface area contributed by atoms with Crippen molar-refractivity contribution < 1.29 is 56.2 Å². The van der Waals surface area contributed by atoms with E-state index in [0.29, 0.717) is 13.0 Å². The fourth-order valence-corrected chi connectivity index (χ4v) is 6.76. The Kier molecular flexibility index (Phi) is 32.6. The Morgan fingerprint density at radius 3 is 1.77 bits per heavy atom. The van der Waals surface area contributed by atoms with Crippen molar-refractivity contribution in [2.24, 2.45) is 0 Å². The van der Waals surface area contributed by atoms with E-state index in [9.17, 15) is 28.5 Å². The number of rotatable bonds is 36. The highest BCUT2D eigenvalue weighted by Crippen LogP contribution is 2.26. The molecule has 0 amide bonds. The van der Waals surface area contributed by atoms with Crippen molar-refractivity contribution in [2.75, 3.05) is 26.4 Å². The summed E-state index contributed by atoms with van der Waals surface area (Å²) in [5, 5.41) is 30.4. The molecule has 6 unspecified atom stereocenters. The van der Waals surface area contributed by atoms with Crippen LogP contribution in [0.3, 0.4) is 0 Å². The van der Waals surface area contributed by atoms with Gasteiger partial charge < -0.3 is 34.3 Å². The van der Waals surface area contributed by atoms with Crippen LogP contribution in [0, 0.1) is 0 Å². The number of unbranched alkanes of at least 4 members (excludes halogenated alkanes) is 15. The Balaban J connectivity index is 2.17. The fourth-order valence-electron chi connectivity index (χ4n) is 6.25. The zero-order chi connectivity index (χ0) is 41.1. The van der Waals surface area contributed by atoms with Gasteiger partial charge in [-0.3, -0.25) is 9.35 Å². The van der Waals surface area contributed by atoms with Crippen LogP contribution in [0.1, 0.15) is 155 Å². The molecule has 1 rings (SSSR count). The zero-order valence-electron chi connectivity index (χ0n) is 34.4. The third kappa shape index (κ3) is 28.5. The molecule has 6 atom stereocenters. The van der Waals surface area contributed by atoms with Gasteiger partial charge in [0.25, 0.3) is 0 Å². The lowest BCUT2D eigenvalue weighted by molar-refractivity contribution is -0.301. The summed E-state index contributed by atoms with van der Waals surface area (Å²) in [6, 6.07) is 0. The van der Waals surface area contributed by atoms with Gasteiger partial charge in [-0.25, -0.2) is 4.18 Å². The molecule has 1 aliphatic rings. The minimum atomic E-state index is -5.05. The Hall–Kier alpha value is -1.94. The van der Waals surface area contributed by atoms with Crippen LogP contribution in [0.15, 0.2) is 48.6 Å². The molecule has 326 valence electrons. The molecule has 0 aliphatic carbocycles. The first-order valence-corrected chi connectivity index (χ1v) is 22.8. The molecule has 0 spiro atoms. The first-order valence-electron chi connectivity index (χ1n) is 21.4. The predicted molar refractivity (Wildman–Crippen MR) is 220 cm³/mol. The maximum Gasteiger partial charge on any atom is 0.397 e. The first kappa shape index (κ1) is 52.1. The lowest BCUT2D eigenvalue weighted by Crippen LogP contribution is -2.60.